The first-order chi connectivity index (χ1) is 7.15. The monoisotopic (exact) mass is 210 g/mol. The molecule has 0 bridgehead atoms. The molecule has 2 N–H and O–H groups in total. The number of carboxylic acid groups (broad SMARTS) is 1. The Morgan fingerprint density at radius 1 is 1.47 bits per heavy atom. The minimum Gasteiger partial charge on any atom is -0.493 e. The van der Waals surface area contributed by atoms with Crippen LogP contribution < -0.4 is 4.74 Å². The molecule has 1 aromatic rings. The van der Waals surface area contributed by atoms with E-state index in [-0.39, 0.29) is 12.2 Å². The zero-order valence-corrected chi connectivity index (χ0v) is 8.56. The molecule has 0 spiro atoms. The summed E-state index contributed by atoms with van der Waals surface area (Å²) < 4.78 is 5.34. The van der Waals surface area contributed by atoms with Crippen molar-refractivity contribution in [3.63, 3.8) is 0 Å². The molecule has 0 radical (unpaired) electrons. The lowest BCUT2D eigenvalue weighted by atomic mass is 10.1. The average Bonchev–Trinajstić information content (AvgIpc) is 2.20. The maximum atomic E-state index is 10.7. The summed E-state index contributed by atoms with van der Waals surface area (Å²) in [5.74, 6) is -0.412. The van der Waals surface area contributed by atoms with E-state index in [1.54, 1.807) is 6.07 Å². The number of hydrogen-bond acceptors (Lipinski definition) is 3. The van der Waals surface area contributed by atoms with Crippen molar-refractivity contribution in [2.24, 2.45) is 0 Å². The Balaban J connectivity index is 2.76. The number of ether oxygens (including phenoxy) is 1. The number of aryl methyl sites for hydroxylation is 1. The van der Waals surface area contributed by atoms with Crippen molar-refractivity contribution >= 4 is 5.97 Å². The second kappa shape index (κ2) is 5.36. The molecule has 0 amide bonds. The summed E-state index contributed by atoms with van der Waals surface area (Å²) in [4.78, 5) is 10.7. The van der Waals surface area contributed by atoms with Crippen molar-refractivity contribution in [3.05, 3.63) is 29.3 Å². The Hall–Kier alpha value is -1.55. The van der Waals surface area contributed by atoms with Gasteiger partial charge in [0.1, 0.15) is 5.75 Å². The van der Waals surface area contributed by atoms with E-state index in [9.17, 15) is 4.79 Å². The highest BCUT2D eigenvalue weighted by molar-refractivity contribution is 5.88. The lowest BCUT2D eigenvalue weighted by molar-refractivity contribution is 0.0696. The first-order valence-electron chi connectivity index (χ1n) is 4.72. The topological polar surface area (TPSA) is 66.8 Å². The van der Waals surface area contributed by atoms with Gasteiger partial charge in [0.25, 0.3) is 0 Å². The van der Waals surface area contributed by atoms with Crippen LogP contribution in [0.1, 0.15) is 22.3 Å². The van der Waals surface area contributed by atoms with Crippen LogP contribution in [0.2, 0.25) is 0 Å². The van der Waals surface area contributed by atoms with Gasteiger partial charge in [0.05, 0.1) is 12.2 Å². The number of hydrogen-bond donors (Lipinski definition) is 2. The summed E-state index contributed by atoms with van der Waals surface area (Å²) in [6.45, 7) is 2.30. The SMILES string of the molecule is Cc1ccc(C(=O)O)cc1OCCCO. The molecule has 0 aliphatic carbocycles. The largest absolute Gasteiger partial charge is 0.493 e. The van der Waals surface area contributed by atoms with Gasteiger partial charge in [-0.25, -0.2) is 4.79 Å². The standard InChI is InChI=1S/C11H14O4/c1-8-3-4-9(11(13)14)7-10(8)15-6-2-5-12/h3-4,7,12H,2,5-6H2,1H3,(H,13,14). The quantitative estimate of drug-likeness (QED) is 0.722. The highest BCUT2D eigenvalue weighted by Crippen LogP contribution is 2.19. The van der Waals surface area contributed by atoms with Crippen molar-refractivity contribution in [2.75, 3.05) is 13.2 Å². The van der Waals surface area contributed by atoms with Crippen molar-refractivity contribution in [1.29, 1.82) is 0 Å². The van der Waals surface area contributed by atoms with Crippen LogP contribution in [0.4, 0.5) is 0 Å². The molecule has 0 saturated heterocycles. The van der Waals surface area contributed by atoms with Gasteiger partial charge in [-0.05, 0) is 24.6 Å². The number of rotatable bonds is 5. The second-order valence-electron chi connectivity index (χ2n) is 3.21. The molecule has 4 nitrogen and oxygen atoms in total. The van der Waals surface area contributed by atoms with Gasteiger partial charge in [0, 0.05) is 13.0 Å². The van der Waals surface area contributed by atoms with Crippen LogP contribution in [-0.2, 0) is 0 Å². The number of aliphatic hydroxyl groups is 1. The van der Waals surface area contributed by atoms with E-state index in [2.05, 4.69) is 0 Å². The number of aromatic carboxylic acids is 1. The predicted molar refractivity (Wildman–Crippen MR) is 55.3 cm³/mol. The summed E-state index contributed by atoms with van der Waals surface area (Å²) in [5.41, 5.74) is 1.09. The molecule has 0 unspecified atom stereocenters. The molecular formula is C11H14O4. The summed E-state index contributed by atoms with van der Waals surface area (Å²) in [5, 5.41) is 17.4. The lowest BCUT2D eigenvalue weighted by Crippen LogP contribution is -2.03. The molecule has 0 aliphatic rings. The number of benzene rings is 1. The molecule has 82 valence electrons. The number of carboxylic acids is 1. The van der Waals surface area contributed by atoms with Gasteiger partial charge in [0.15, 0.2) is 0 Å². The van der Waals surface area contributed by atoms with Crippen molar-refractivity contribution in [2.45, 2.75) is 13.3 Å². The summed E-state index contributed by atoms with van der Waals surface area (Å²) in [6, 6.07) is 4.74. The summed E-state index contributed by atoms with van der Waals surface area (Å²) >= 11 is 0. The third-order valence-electron chi connectivity index (χ3n) is 2.00. The van der Waals surface area contributed by atoms with E-state index < -0.39 is 5.97 Å². The van der Waals surface area contributed by atoms with Gasteiger partial charge in [0.2, 0.25) is 0 Å². The van der Waals surface area contributed by atoms with E-state index in [0.29, 0.717) is 18.8 Å². The Kier molecular flexibility index (Phi) is 4.12. The van der Waals surface area contributed by atoms with E-state index in [0.717, 1.165) is 5.56 Å². The maximum absolute atomic E-state index is 10.7. The van der Waals surface area contributed by atoms with Gasteiger partial charge in [-0.1, -0.05) is 6.07 Å². The summed E-state index contributed by atoms with van der Waals surface area (Å²) in [6.07, 6.45) is 0.538. The smallest absolute Gasteiger partial charge is 0.335 e. The first-order valence-corrected chi connectivity index (χ1v) is 4.72. The van der Waals surface area contributed by atoms with Gasteiger partial charge >= 0.3 is 5.97 Å². The molecule has 4 heteroatoms. The van der Waals surface area contributed by atoms with Crippen LogP contribution in [0.25, 0.3) is 0 Å². The molecule has 1 aromatic carbocycles. The van der Waals surface area contributed by atoms with Crippen LogP contribution >= 0.6 is 0 Å². The highest BCUT2D eigenvalue weighted by Gasteiger charge is 2.06. The van der Waals surface area contributed by atoms with Crippen LogP contribution in [0.3, 0.4) is 0 Å². The fourth-order valence-electron chi connectivity index (χ4n) is 1.14. The van der Waals surface area contributed by atoms with Gasteiger partial charge in [-0.3, -0.25) is 0 Å². The van der Waals surface area contributed by atoms with Gasteiger partial charge in [-0.2, -0.15) is 0 Å². The fourth-order valence-corrected chi connectivity index (χ4v) is 1.14. The predicted octanol–water partition coefficient (Wildman–Crippen LogP) is 1.45. The Morgan fingerprint density at radius 2 is 2.20 bits per heavy atom. The van der Waals surface area contributed by atoms with Crippen LogP contribution in [-0.4, -0.2) is 29.4 Å². The van der Waals surface area contributed by atoms with Gasteiger partial charge < -0.3 is 14.9 Å². The third kappa shape index (κ3) is 3.25. The number of carbonyl (C=O) groups is 1. The summed E-state index contributed by atoms with van der Waals surface area (Å²) in [7, 11) is 0. The minimum atomic E-state index is -0.970. The molecule has 1 rings (SSSR count). The minimum absolute atomic E-state index is 0.0671. The number of aliphatic hydroxyl groups excluding tert-OH is 1. The fraction of sp³-hybridized carbons (Fsp3) is 0.364. The van der Waals surface area contributed by atoms with Crippen molar-refractivity contribution < 1.29 is 19.7 Å². The van der Waals surface area contributed by atoms with Crippen molar-refractivity contribution in [3.8, 4) is 5.75 Å². The zero-order chi connectivity index (χ0) is 11.3. The maximum Gasteiger partial charge on any atom is 0.335 e. The Bertz CT molecular complexity index is 346. The lowest BCUT2D eigenvalue weighted by Gasteiger charge is -2.08. The Morgan fingerprint density at radius 3 is 2.80 bits per heavy atom. The molecule has 0 aromatic heterocycles. The van der Waals surface area contributed by atoms with E-state index in [1.807, 2.05) is 6.92 Å². The molecule has 0 heterocycles. The second-order valence-corrected chi connectivity index (χ2v) is 3.21. The van der Waals surface area contributed by atoms with Crippen LogP contribution in [0.5, 0.6) is 5.75 Å². The Labute approximate surface area is 88.1 Å². The highest BCUT2D eigenvalue weighted by atomic mass is 16.5. The van der Waals surface area contributed by atoms with Crippen LogP contribution in [0, 0.1) is 6.92 Å². The zero-order valence-electron chi connectivity index (χ0n) is 8.56. The van der Waals surface area contributed by atoms with Crippen LogP contribution in [0.15, 0.2) is 18.2 Å². The molecule has 0 aliphatic heterocycles. The molecule has 0 saturated carbocycles. The molecule has 15 heavy (non-hydrogen) atoms. The van der Waals surface area contributed by atoms with E-state index >= 15 is 0 Å². The average molecular weight is 210 g/mol. The molecule has 0 atom stereocenters. The molecule has 0 fully saturated rings. The van der Waals surface area contributed by atoms with Gasteiger partial charge in [-0.15, -0.1) is 0 Å². The first kappa shape index (κ1) is 11.5. The molecular weight excluding hydrogens is 196 g/mol. The normalized spacial score (nSPS) is 10.0. The third-order valence-corrected chi connectivity index (χ3v) is 2.00. The van der Waals surface area contributed by atoms with Crippen molar-refractivity contribution in [1.82, 2.24) is 0 Å². The van der Waals surface area contributed by atoms with E-state index in [4.69, 9.17) is 14.9 Å². The van der Waals surface area contributed by atoms with E-state index in [1.165, 1.54) is 12.1 Å².